The van der Waals surface area contributed by atoms with Crippen molar-refractivity contribution in [1.29, 1.82) is 0 Å². The average molecular weight is 293 g/mol. The highest BCUT2D eigenvalue weighted by atomic mass is 127. The molecule has 0 aliphatic heterocycles. The molecule has 1 aromatic carbocycles. The van der Waals surface area contributed by atoms with Gasteiger partial charge in [-0.05, 0) is 34.7 Å². The molecule has 0 saturated carbocycles. The minimum Gasteiger partial charge on any atom is -0.478 e. The average Bonchev–Trinajstić information content (AvgIpc) is 2.03. The molecule has 1 aromatic rings. The first-order valence-corrected chi connectivity index (χ1v) is 4.27. The topological polar surface area (TPSA) is 80.4 Å². The van der Waals surface area contributed by atoms with E-state index in [1.165, 1.54) is 18.2 Å². The van der Waals surface area contributed by atoms with Gasteiger partial charge in [-0.1, -0.05) is 0 Å². The molecule has 5 nitrogen and oxygen atoms in total. The van der Waals surface area contributed by atoms with Crippen molar-refractivity contribution < 1.29 is 14.8 Å². The van der Waals surface area contributed by atoms with Gasteiger partial charge in [0.05, 0.1) is 14.1 Å². The Labute approximate surface area is 86.7 Å². The summed E-state index contributed by atoms with van der Waals surface area (Å²) < 4.78 is 0.322. The summed E-state index contributed by atoms with van der Waals surface area (Å²) in [5, 5.41) is 18.9. The molecule has 0 aliphatic rings. The van der Waals surface area contributed by atoms with Gasteiger partial charge in [0.25, 0.3) is 5.69 Å². The van der Waals surface area contributed by atoms with Crippen LogP contribution >= 0.6 is 22.6 Å². The van der Waals surface area contributed by atoms with E-state index in [0.29, 0.717) is 3.57 Å². The molecule has 0 bridgehead atoms. The van der Waals surface area contributed by atoms with E-state index in [-0.39, 0.29) is 11.3 Å². The normalized spacial score (nSPS) is 9.62. The largest absolute Gasteiger partial charge is 0.478 e. The van der Waals surface area contributed by atoms with E-state index in [2.05, 4.69) is 0 Å². The van der Waals surface area contributed by atoms with Crippen molar-refractivity contribution in [2.45, 2.75) is 0 Å². The third kappa shape index (κ3) is 2.14. The van der Waals surface area contributed by atoms with Gasteiger partial charge in [0.1, 0.15) is 0 Å². The van der Waals surface area contributed by atoms with Gasteiger partial charge < -0.3 is 5.11 Å². The highest BCUT2D eigenvalue weighted by molar-refractivity contribution is 14.1. The van der Waals surface area contributed by atoms with Crippen molar-refractivity contribution in [3.05, 3.63) is 37.4 Å². The number of benzene rings is 1. The smallest absolute Gasteiger partial charge is 0.335 e. The lowest BCUT2D eigenvalue weighted by Crippen LogP contribution is -1.98. The molecular weight excluding hydrogens is 289 g/mol. The third-order valence-electron chi connectivity index (χ3n) is 1.39. The van der Waals surface area contributed by atoms with Crippen molar-refractivity contribution in [3.63, 3.8) is 0 Å². The second-order valence-corrected chi connectivity index (χ2v) is 3.39. The summed E-state index contributed by atoms with van der Waals surface area (Å²) in [6.45, 7) is 0. The first-order chi connectivity index (χ1) is 6.02. The van der Waals surface area contributed by atoms with Crippen LogP contribution in [0.2, 0.25) is 0 Å². The van der Waals surface area contributed by atoms with Gasteiger partial charge in [-0.2, -0.15) is 0 Å². The number of hydrogen-bond donors (Lipinski definition) is 1. The zero-order valence-electron chi connectivity index (χ0n) is 6.23. The van der Waals surface area contributed by atoms with E-state index >= 15 is 0 Å². The van der Waals surface area contributed by atoms with Crippen molar-refractivity contribution in [2.24, 2.45) is 0 Å². The predicted octanol–water partition coefficient (Wildman–Crippen LogP) is 1.90. The molecule has 0 spiro atoms. The Morgan fingerprint density at radius 3 is 2.54 bits per heavy atom. The highest BCUT2D eigenvalue weighted by Crippen LogP contribution is 2.21. The number of rotatable bonds is 2. The van der Waals surface area contributed by atoms with E-state index in [4.69, 9.17) is 5.11 Å². The summed E-state index contributed by atoms with van der Waals surface area (Å²) >= 11 is 1.73. The van der Waals surface area contributed by atoms with Crippen LogP contribution in [-0.4, -0.2) is 16.0 Å². The van der Waals surface area contributed by atoms with Crippen molar-refractivity contribution in [3.8, 4) is 0 Å². The predicted molar refractivity (Wildman–Crippen MR) is 52.8 cm³/mol. The number of nitrogens with zero attached hydrogens (tertiary/aromatic N) is 1. The molecular formula is C7H4INO4. The van der Waals surface area contributed by atoms with Gasteiger partial charge in [0.2, 0.25) is 0 Å². The number of carbonyl (C=O) groups is 1. The molecule has 1 N–H and O–H groups in total. The molecule has 6 heteroatoms. The van der Waals surface area contributed by atoms with Gasteiger partial charge in [-0.3, -0.25) is 10.1 Å². The molecule has 0 saturated heterocycles. The van der Waals surface area contributed by atoms with E-state index in [1.54, 1.807) is 22.6 Å². The minimum absolute atomic E-state index is 0.0509. The second kappa shape index (κ2) is 3.69. The second-order valence-electron chi connectivity index (χ2n) is 2.23. The quantitative estimate of drug-likeness (QED) is 0.513. The summed E-state index contributed by atoms with van der Waals surface area (Å²) in [7, 11) is 0. The van der Waals surface area contributed by atoms with E-state index in [0.717, 1.165) is 0 Å². The molecule has 13 heavy (non-hydrogen) atoms. The highest BCUT2D eigenvalue weighted by Gasteiger charge is 2.13. The first kappa shape index (κ1) is 9.90. The maximum atomic E-state index is 10.5. The summed E-state index contributed by atoms with van der Waals surface area (Å²) in [5.41, 5.74) is -0.0272. The van der Waals surface area contributed by atoms with Crippen molar-refractivity contribution in [1.82, 2.24) is 0 Å². The summed E-state index contributed by atoms with van der Waals surface area (Å²) in [6, 6.07) is 3.66. The van der Waals surface area contributed by atoms with Gasteiger partial charge in [-0.15, -0.1) is 0 Å². The fourth-order valence-corrected chi connectivity index (χ4v) is 1.50. The minimum atomic E-state index is -1.09. The summed E-state index contributed by atoms with van der Waals surface area (Å²) in [4.78, 5) is 20.3. The van der Waals surface area contributed by atoms with Crippen LogP contribution in [0.3, 0.4) is 0 Å². The molecule has 0 unspecified atom stereocenters. The molecule has 0 amide bonds. The number of carboxylic acid groups (broad SMARTS) is 1. The van der Waals surface area contributed by atoms with Gasteiger partial charge in [-0.25, -0.2) is 4.79 Å². The van der Waals surface area contributed by atoms with Crippen LogP contribution in [0.15, 0.2) is 18.2 Å². The van der Waals surface area contributed by atoms with Crippen LogP contribution in [0.1, 0.15) is 10.4 Å². The van der Waals surface area contributed by atoms with Gasteiger partial charge >= 0.3 is 5.97 Å². The molecule has 0 atom stereocenters. The zero-order chi connectivity index (χ0) is 10.0. The van der Waals surface area contributed by atoms with E-state index < -0.39 is 10.9 Å². The molecule has 0 heterocycles. The Morgan fingerprint density at radius 2 is 2.15 bits per heavy atom. The van der Waals surface area contributed by atoms with Crippen LogP contribution in [0.5, 0.6) is 0 Å². The van der Waals surface area contributed by atoms with Crippen LogP contribution in [0.4, 0.5) is 5.69 Å². The zero-order valence-corrected chi connectivity index (χ0v) is 8.39. The molecule has 1 rings (SSSR count). The van der Waals surface area contributed by atoms with Crippen molar-refractivity contribution >= 4 is 34.2 Å². The standard InChI is InChI=1S/C7H4INO4/c8-5-3-4(7(10)11)1-2-6(5)9(12)13/h1-3H,(H,10,11). The first-order valence-electron chi connectivity index (χ1n) is 3.19. The molecule has 0 aromatic heterocycles. The number of halogens is 1. The summed E-state index contributed by atoms with van der Waals surface area (Å²) in [6.07, 6.45) is 0. The fourth-order valence-electron chi connectivity index (χ4n) is 0.788. The Hall–Kier alpha value is -1.18. The fraction of sp³-hybridized carbons (Fsp3) is 0. The number of nitro groups is 1. The van der Waals surface area contributed by atoms with E-state index in [9.17, 15) is 14.9 Å². The Kier molecular flexibility index (Phi) is 2.81. The van der Waals surface area contributed by atoms with Gasteiger partial charge in [0.15, 0.2) is 0 Å². The number of carboxylic acids is 1. The van der Waals surface area contributed by atoms with Crippen LogP contribution in [-0.2, 0) is 0 Å². The molecule has 68 valence electrons. The van der Waals surface area contributed by atoms with Gasteiger partial charge in [0, 0.05) is 6.07 Å². The lowest BCUT2D eigenvalue weighted by molar-refractivity contribution is -0.385. The van der Waals surface area contributed by atoms with Crippen molar-refractivity contribution in [2.75, 3.05) is 0 Å². The maximum Gasteiger partial charge on any atom is 0.335 e. The maximum absolute atomic E-state index is 10.5. The van der Waals surface area contributed by atoms with Crippen LogP contribution < -0.4 is 0 Å². The van der Waals surface area contributed by atoms with Crippen LogP contribution in [0.25, 0.3) is 0 Å². The number of nitro benzene ring substituents is 1. The number of hydrogen-bond acceptors (Lipinski definition) is 3. The molecule has 0 radical (unpaired) electrons. The Bertz CT molecular complexity index is 377. The van der Waals surface area contributed by atoms with Crippen LogP contribution in [0, 0.1) is 13.7 Å². The van der Waals surface area contributed by atoms with E-state index in [1.807, 2.05) is 0 Å². The molecule has 0 fully saturated rings. The number of aromatic carboxylic acids is 1. The monoisotopic (exact) mass is 293 g/mol. The lowest BCUT2D eigenvalue weighted by atomic mass is 10.2. The Morgan fingerprint density at radius 1 is 1.54 bits per heavy atom. The SMILES string of the molecule is O=C(O)c1ccc([N+](=O)[O-])c(I)c1. The lowest BCUT2D eigenvalue weighted by Gasteiger charge is -1.96. The summed E-state index contributed by atoms with van der Waals surface area (Å²) in [5.74, 6) is -1.09. The molecule has 0 aliphatic carbocycles. The Balaban J connectivity index is 3.20. The third-order valence-corrected chi connectivity index (χ3v) is 2.26.